The van der Waals surface area contributed by atoms with E-state index < -0.39 is 17.5 Å². The first-order valence-corrected chi connectivity index (χ1v) is 28.1. The van der Waals surface area contributed by atoms with Gasteiger partial charge in [-0.25, -0.2) is 22.0 Å². The normalized spacial score (nSPS) is 11.8. The summed E-state index contributed by atoms with van der Waals surface area (Å²) in [4.78, 5) is 0. The van der Waals surface area contributed by atoms with Gasteiger partial charge in [0.05, 0.1) is 12.1 Å². The molecule has 8 heteroatoms. The van der Waals surface area contributed by atoms with Gasteiger partial charge < -0.3 is 4.74 Å². The Morgan fingerprint density at radius 3 is 1.23 bits per heavy atom. The van der Waals surface area contributed by atoms with E-state index in [0.717, 1.165) is 43.1 Å². The van der Waals surface area contributed by atoms with Crippen molar-refractivity contribution in [1.82, 2.24) is 0 Å². The molecule has 0 aliphatic carbocycles. The fourth-order valence-corrected chi connectivity index (χ4v) is 8.33. The molecule has 0 aliphatic rings. The van der Waals surface area contributed by atoms with Crippen molar-refractivity contribution in [1.29, 1.82) is 0 Å². The van der Waals surface area contributed by atoms with E-state index in [2.05, 4.69) is 184 Å². The molecule has 0 radical (unpaired) electrons. The molecule has 0 amide bonds. The van der Waals surface area contributed by atoms with Gasteiger partial charge in [0.15, 0.2) is 17.5 Å². The van der Waals surface area contributed by atoms with Gasteiger partial charge in [-0.2, -0.15) is 0 Å². The smallest absolute Gasteiger partial charge is 0.194 e. The molecule has 6 rings (SSSR count). The summed E-state index contributed by atoms with van der Waals surface area (Å²) >= 11 is 11.4. The fourth-order valence-electron chi connectivity index (χ4n) is 8.02. The molecule has 6 aromatic carbocycles. The van der Waals surface area contributed by atoms with E-state index >= 15 is 0 Å². The van der Waals surface area contributed by atoms with E-state index in [4.69, 9.17) is 27.9 Å². The van der Waals surface area contributed by atoms with Crippen LogP contribution in [-0.2, 0) is 38.5 Å². The van der Waals surface area contributed by atoms with Gasteiger partial charge in [0, 0.05) is 5.02 Å². The summed E-state index contributed by atoms with van der Waals surface area (Å²) in [6.07, 6.45) is 5.36. The van der Waals surface area contributed by atoms with Crippen LogP contribution in [0.25, 0.3) is 0 Å². The summed E-state index contributed by atoms with van der Waals surface area (Å²) in [6, 6.07) is 39.9. The maximum Gasteiger partial charge on any atom is 0.194 e. The molecule has 0 aromatic heterocycles. The molecular formula is C70H97Cl2F5O. The average Bonchev–Trinajstić information content (AvgIpc) is 3.28. The van der Waals surface area contributed by atoms with Gasteiger partial charge in [-0.3, -0.25) is 0 Å². The first kappa shape index (κ1) is 71.4. The Morgan fingerprint density at radius 2 is 0.782 bits per heavy atom. The van der Waals surface area contributed by atoms with Crippen molar-refractivity contribution >= 4 is 23.2 Å². The van der Waals surface area contributed by atoms with E-state index in [1.54, 1.807) is 25.3 Å². The first-order chi connectivity index (χ1) is 35.5. The number of rotatable bonds is 8. The monoisotopic (exact) mass is 1120 g/mol. The minimum absolute atomic E-state index is 0.0888. The zero-order chi connectivity index (χ0) is 60.0. The molecule has 0 atom stereocenters. The first-order valence-electron chi connectivity index (χ1n) is 27.3. The lowest BCUT2D eigenvalue weighted by molar-refractivity contribution is 0.387. The van der Waals surface area contributed by atoms with Crippen molar-refractivity contribution in [3.63, 3.8) is 0 Å². The van der Waals surface area contributed by atoms with Crippen LogP contribution < -0.4 is 4.74 Å². The Kier molecular flexibility index (Phi) is 29.2. The summed E-state index contributed by atoms with van der Waals surface area (Å²) in [6.45, 7) is 43.2. The molecule has 432 valence electrons. The molecule has 0 bridgehead atoms. The number of hydrogen-bond donors (Lipinski definition) is 0. The molecular weight excluding hydrogens is 1020 g/mol. The Morgan fingerprint density at radius 1 is 0.372 bits per heavy atom. The zero-order valence-corrected chi connectivity index (χ0v) is 53.0. The van der Waals surface area contributed by atoms with Gasteiger partial charge in [0.2, 0.25) is 0 Å². The predicted octanol–water partition coefficient (Wildman–Crippen LogP) is 22.8. The third kappa shape index (κ3) is 33.7. The van der Waals surface area contributed by atoms with E-state index in [1.807, 2.05) is 39.0 Å². The highest BCUT2D eigenvalue weighted by molar-refractivity contribution is 6.31. The SMILES string of the molecule is CC(C)(C)Cc1cc(Cl)ccc1F.CC(C)(C)Cc1ccc(Cl)c(F)c1.CC(C)(C)Cc1ccc(F)c(F)c1F.CC(C)(C)Cc1ccccc1.CC(C)c1ccc(CC(C)(C)C)cc1.COc1cccc(CC(C)(C)C)c1. The second-order valence-corrected chi connectivity index (χ2v) is 28.8. The van der Waals surface area contributed by atoms with Gasteiger partial charge in [0.25, 0.3) is 0 Å². The summed E-state index contributed by atoms with van der Waals surface area (Å²) in [5.74, 6) is -2.50. The van der Waals surface area contributed by atoms with E-state index in [-0.39, 0.29) is 38.5 Å². The number of hydrogen-bond acceptors (Lipinski definition) is 1. The molecule has 78 heavy (non-hydrogen) atoms. The fraction of sp³-hybridized carbons (Fsp3) is 0.486. The maximum atomic E-state index is 13.2. The van der Waals surface area contributed by atoms with Crippen LogP contribution in [-0.4, -0.2) is 7.11 Å². The Bertz CT molecular complexity index is 2650. The van der Waals surface area contributed by atoms with Crippen molar-refractivity contribution in [2.24, 2.45) is 32.5 Å². The summed E-state index contributed by atoms with van der Waals surface area (Å²) < 4.78 is 70.0. The third-order valence-corrected chi connectivity index (χ3v) is 11.7. The molecule has 0 aliphatic heterocycles. The number of methoxy groups -OCH3 is 1. The van der Waals surface area contributed by atoms with Gasteiger partial charge in [0.1, 0.15) is 17.4 Å². The van der Waals surface area contributed by atoms with Crippen LogP contribution in [0.4, 0.5) is 22.0 Å². The van der Waals surface area contributed by atoms with Gasteiger partial charge in [-0.15, -0.1) is 0 Å². The van der Waals surface area contributed by atoms with Crippen molar-refractivity contribution in [2.45, 2.75) is 183 Å². The highest BCUT2D eigenvalue weighted by atomic mass is 35.5. The van der Waals surface area contributed by atoms with Gasteiger partial charge in [-0.1, -0.05) is 241 Å². The number of ether oxygens (including phenoxy) is 1. The van der Waals surface area contributed by atoms with Crippen LogP contribution in [0.1, 0.15) is 183 Å². The quantitative estimate of drug-likeness (QED) is 0.109. The Balaban J connectivity index is 0.000000469. The van der Waals surface area contributed by atoms with Gasteiger partial charge >= 0.3 is 0 Å². The molecule has 0 N–H and O–H groups in total. The van der Waals surface area contributed by atoms with Crippen LogP contribution in [0.5, 0.6) is 5.75 Å². The summed E-state index contributed by atoms with van der Waals surface area (Å²) in [5, 5.41) is 0.790. The minimum atomic E-state index is -1.38. The maximum absolute atomic E-state index is 13.2. The van der Waals surface area contributed by atoms with Crippen molar-refractivity contribution < 1.29 is 26.7 Å². The largest absolute Gasteiger partial charge is 0.497 e. The number of halogens is 7. The van der Waals surface area contributed by atoms with Gasteiger partial charge in [-0.05, 0) is 164 Å². The molecule has 0 saturated heterocycles. The van der Waals surface area contributed by atoms with E-state index in [0.29, 0.717) is 45.6 Å². The van der Waals surface area contributed by atoms with Crippen LogP contribution in [0, 0.1) is 61.6 Å². The zero-order valence-electron chi connectivity index (χ0n) is 51.5. The van der Waals surface area contributed by atoms with Crippen molar-refractivity contribution in [2.75, 3.05) is 7.11 Å². The average molecular weight is 1120 g/mol. The van der Waals surface area contributed by atoms with E-state index in [9.17, 15) is 22.0 Å². The lowest BCUT2D eigenvalue weighted by Gasteiger charge is -2.18. The number of benzene rings is 6. The van der Waals surface area contributed by atoms with Crippen LogP contribution in [0.3, 0.4) is 0 Å². The lowest BCUT2D eigenvalue weighted by atomic mass is 9.87. The van der Waals surface area contributed by atoms with Crippen LogP contribution in [0.2, 0.25) is 10.0 Å². The standard InChI is InChI=1S/C14H22.C12H18O.2C11H14ClF.C11H13F3.C11H16/c1-11(2)13-8-6-12(7-9-13)10-14(3,4)5;1-12(2,3)9-10-6-5-7-11(8-10)13-4;1-11(2,3)7-8-6-9(12)4-5-10(8)13;1-11(2,3)7-8-4-5-9(12)10(13)6-8;1-11(2,3)6-7-4-5-8(12)10(14)9(7)13;1-11(2,3)9-10-7-5-4-6-8-10/h6-9,11H,10H2,1-5H3;5-8H,9H2,1-4H3;2*4-6H,7H2,1-3H3;4-5H,6H2,1-3H3;4-8H,9H2,1-3H3. The second-order valence-electron chi connectivity index (χ2n) is 28.0. The highest BCUT2D eigenvalue weighted by Crippen LogP contribution is 2.28. The lowest BCUT2D eigenvalue weighted by Crippen LogP contribution is -2.11. The van der Waals surface area contributed by atoms with Crippen molar-refractivity contribution in [3.8, 4) is 5.75 Å². The highest BCUT2D eigenvalue weighted by Gasteiger charge is 2.20. The van der Waals surface area contributed by atoms with E-state index in [1.165, 1.54) is 40.5 Å². The molecule has 0 heterocycles. The molecule has 0 unspecified atom stereocenters. The summed E-state index contributed by atoms with van der Waals surface area (Å²) in [7, 11) is 1.70. The van der Waals surface area contributed by atoms with Crippen LogP contribution >= 0.6 is 23.2 Å². The second kappa shape index (κ2) is 32.0. The minimum Gasteiger partial charge on any atom is -0.497 e. The summed E-state index contributed by atoms with van der Waals surface area (Å²) in [5.41, 5.74) is 8.81. The Hall–Kier alpha value is -4.65. The molecule has 0 saturated carbocycles. The molecule has 1 nitrogen and oxygen atoms in total. The molecule has 6 aromatic rings. The topological polar surface area (TPSA) is 9.23 Å². The van der Waals surface area contributed by atoms with Crippen molar-refractivity contribution in [3.05, 3.63) is 205 Å². The predicted molar refractivity (Wildman–Crippen MR) is 328 cm³/mol. The molecule has 0 fully saturated rings. The Labute approximate surface area is 481 Å². The van der Waals surface area contributed by atoms with Crippen LogP contribution in [0.15, 0.2) is 127 Å². The third-order valence-electron chi connectivity index (χ3n) is 11.1. The molecule has 0 spiro atoms.